The molecule has 2 N–H and O–H groups in total. The molecule has 0 aliphatic rings. The number of nitrogens with zero attached hydrogens (tertiary/aromatic N) is 1. The molecule has 0 aromatic rings. The summed E-state index contributed by atoms with van der Waals surface area (Å²) in [4.78, 5) is 8.74. The molecule has 9 heavy (non-hydrogen) atoms. The molecule has 0 saturated heterocycles. The molecule has 0 radical (unpaired) electrons. The van der Waals surface area contributed by atoms with Crippen LogP contribution < -0.4 is 9.96 Å². The highest BCUT2D eigenvalue weighted by Crippen LogP contribution is 1.73. The molecular weight excluding hydrogens is 130 g/mol. The lowest BCUT2D eigenvalue weighted by atomic mass is 11.0. The monoisotopic (exact) mass is 147 g/mol. The Kier molecular flexibility index (Phi) is 4.98. The van der Waals surface area contributed by atoms with Crippen LogP contribution in [-0.2, 0) is 0 Å². The van der Waals surface area contributed by atoms with E-state index < -0.39 is 9.12 Å². The fraction of sp³-hybridized carbons (Fsp3) is 1.00. The molecule has 0 heterocycles. The minimum Gasteiger partial charge on any atom is -0.330 e. The van der Waals surface area contributed by atoms with Gasteiger partial charge in [-0.25, -0.2) is 0 Å². The summed E-state index contributed by atoms with van der Waals surface area (Å²) in [5, 5.41) is 0. The SMILES string of the molecule is CN[SiH](CN(C)C)NC. The van der Waals surface area contributed by atoms with Gasteiger partial charge in [0.2, 0.25) is 0 Å². The molecule has 0 amide bonds. The van der Waals surface area contributed by atoms with Gasteiger partial charge < -0.3 is 14.9 Å². The predicted molar refractivity (Wildman–Crippen MR) is 43.8 cm³/mol. The van der Waals surface area contributed by atoms with E-state index in [4.69, 9.17) is 0 Å². The van der Waals surface area contributed by atoms with Crippen LogP contribution in [0.5, 0.6) is 0 Å². The first kappa shape index (κ1) is 9.10. The summed E-state index contributed by atoms with van der Waals surface area (Å²) in [5.41, 5.74) is 0. The van der Waals surface area contributed by atoms with E-state index in [1.165, 1.54) is 0 Å². The zero-order valence-electron chi connectivity index (χ0n) is 6.73. The molecule has 0 spiro atoms. The molecule has 0 aromatic heterocycles. The molecule has 0 bridgehead atoms. The van der Waals surface area contributed by atoms with Gasteiger partial charge in [-0.3, -0.25) is 0 Å². The van der Waals surface area contributed by atoms with Gasteiger partial charge in [0, 0.05) is 6.17 Å². The number of hydrogen-bond donors (Lipinski definition) is 2. The molecule has 3 nitrogen and oxygen atoms in total. The van der Waals surface area contributed by atoms with E-state index in [-0.39, 0.29) is 0 Å². The Bertz CT molecular complexity index is 63.2. The second-order valence-corrected chi connectivity index (χ2v) is 5.02. The van der Waals surface area contributed by atoms with Crippen LogP contribution >= 0.6 is 0 Å². The molecule has 0 aromatic carbocycles. The first-order chi connectivity index (χ1) is 4.20. The topological polar surface area (TPSA) is 27.3 Å². The van der Waals surface area contributed by atoms with Crippen molar-refractivity contribution in [2.24, 2.45) is 0 Å². The van der Waals surface area contributed by atoms with Crippen LogP contribution in [0.25, 0.3) is 0 Å². The first-order valence-electron chi connectivity index (χ1n) is 3.20. The maximum atomic E-state index is 3.27. The van der Waals surface area contributed by atoms with Gasteiger partial charge in [-0.05, 0) is 28.2 Å². The Morgan fingerprint density at radius 1 is 1.22 bits per heavy atom. The lowest BCUT2D eigenvalue weighted by molar-refractivity contribution is 0.469. The fourth-order valence-corrected chi connectivity index (χ4v) is 2.08. The quantitative estimate of drug-likeness (QED) is 0.486. The summed E-state index contributed by atoms with van der Waals surface area (Å²) >= 11 is 0. The van der Waals surface area contributed by atoms with Gasteiger partial charge in [0.1, 0.15) is 0 Å². The van der Waals surface area contributed by atoms with Crippen molar-refractivity contribution in [1.29, 1.82) is 0 Å². The van der Waals surface area contributed by atoms with Crippen molar-refractivity contribution in [3.63, 3.8) is 0 Å². The Morgan fingerprint density at radius 2 is 1.67 bits per heavy atom. The van der Waals surface area contributed by atoms with E-state index in [0.29, 0.717) is 0 Å². The molecule has 4 heteroatoms. The highest BCUT2D eigenvalue weighted by Gasteiger charge is 2.04. The largest absolute Gasteiger partial charge is 0.330 e. The minimum absolute atomic E-state index is 0.824. The third-order valence-electron chi connectivity index (χ3n) is 1.24. The molecule has 0 saturated carbocycles. The summed E-state index contributed by atoms with van der Waals surface area (Å²) in [6.45, 7) is 0. The second kappa shape index (κ2) is 4.93. The predicted octanol–water partition coefficient (Wildman–Crippen LogP) is -1.25. The van der Waals surface area contributed by atoms with E-state index in [1.807, 2.05) is 14.1 Å². The Morgan fingerprint density at radius 3 is 1.78 bits per heavy atom. The molecule has 0 aliphatic carbocycles. The van der Waals surface area contributed by atoms with E-state index >= 15 is 0 Å². The maximum Gasteiger partial charge on any atom is 0.198 e. The molecular formula is C5H17N3Si. The van der Waals surface area contributed by atoms with Crippen molar-refractivity contribution in [1.82, 2.24) is 14.9 Å². The molecule has 0 aliphatic heterocycles. The van der Waals surface area contributed by atoms with Gasteiger partial charge in [-0.15, -0.1) is 0 Å². The molecule has 0 unspecified atom stereocenters. The third-order valence-corrected chi connectivity index (χ3v) is 3.73. The Balaban J connectivity index is 3.31. The van der Waals surface area contributed by atoms with Gasteiger partial charge in [-0.1, -0.05) is 0 Å². The Labute approximate surface area is 59.2 Å². The smallest absolute Gasteiger partial charge is 0.198 e. The highest BCUT2D eigenvalue weighted by molar-refractivity contribution is 6.53. The third kappa shape index (κ3) is 4.59. The van der Waals surface area contributed by atoms with E-state index in [0.717, 1.165) is 6.17 Å². The standard InChI is InChI=1S/C5H17N3Si/c1-6-9(7-2)5-8(3)4/h6-7,9H,5H2,1-4H3. The number of hydrogen-bond acceptors (Lipinski definition) is 3. The van der Waals surface area contributed by atoms with Crippen molar-refractivity contribution in [3.05, 3.63) is 0 Å². The first-order valence-corrected chi connectivity index (χ1v) is 5.17. The van der Waals surface area contributed by atoms with Crippen LogP contribution in [0, 0.1) is 0 Å². The molecule has 0 rings (SSSR count). The summed E-state index contributed by atoms with van der Waals surface area (Å²) < 4.78 is 0. The van der Waals surface area contributed by atoms with Crippen LogP contribution in [0.1, 0.15) is 0 Å². The fourth-order valence-electron chi connectivity index (χ4n) is 0.692. The average Bonchev–Trinajstić information content (AvgIpc) is 1.82. The normalized spacial score (nSPS) is 11.3. The van der Waals surface area contributed by atoms with Gasteiger partial charge in [0.25, 0.3) is 0 Å². The number of nitrogens with one attached hydrogen (secondary N) is 2. The van der Waals surface area contributed by atoms with E-state index in [9.17, 15) is 0 Å². The molecule has 0 atom stereocenters. The summed E-state index contributed by atoms with van der Waals surface area (Å²) in [6.07, 6.45) is 1.16. The van der Waals surface area contributed by atoms with Crippen molar-refractivity contribution in [2.45, 2.75) is 0 Å². The summed E-state index contributed by atoms with van der Waals surface area (Å²) in [7, 11) is 7.38. The maximum absolute atomic E-state index is 3.27. The van der Waals surface area contributed by atoms with Crippen molar-refractivity contribution in [2.75, 3.05) is 34.4 Å². The molecule has 56 valence electrons. The lowest BCUT2D eigenvalue weighted by Gasteiger charge is -2.17. The van der Waals surface area contributed by atoms with Crippen molar-refractivity contribution in [3.8, 4) is 0 Å². The zero-order chi connectivity index (χ0) is 7.28. The van der Waals surface area contributed by atoms with Gasteiger partial charge in [-0.2, -0.15) is 0 Å². The van der Waals surface area contributed by atoms with Crippen LogP contribution in [-0.4, -0.2) is 48.4 Å². The lowest BCUT2D eigenvalue weighted by Crippen LogP contribution is -2.50. The summed E-state index contributed by atoms with van der Waals surface area (Å²) in [5.74, 6) is 0. The van der Waals surface area contributed by atoms with E-state index in [2.05, 4.69) is 29.0 Å². The average molecular weight is 147 g/mol. The van der Waals surface area contributed by atoms with Gasteiger partial charge in [0.05, 0.1) is 0 Å². The highest BCUT2D eigenvalue weighted by atomic mass is 28.3. The molecule has 0 fully saturated rings. The van der Waals surface area contributed by atoms with E-state index in [1.54, 1.807) is 0 Å². The van der Waals surface area contributed by atoms with Crippen LogP contribution in [0.4, 0.5) is 0 Å². The summed E-state index contributed by atoms with van der Waals surface area (Å²) in [6, 6.07) is 0. The second-order valence-electron chi connectivity index (χ2n) is 2.39. The van der Waals surface area contributed by atoms with Crippen LogP contribution in [0.2, 0.25) is 0 Å². The number of rotatable bonds is 4. The van der Waals surface area contributed by atoms with Crippen molar-refractivity contribution >= 4 is 9.12 Å². The minimum atomic E-state index is -0.824. The zero-order valence-corrected chi connectivity index (χ0v) is 7.89. The van der Waals surface area contributed by atoms with Gasteiger partial charge in [0.15, 0.2) is 9.12 Å². The van der Waals surface area contributed by atoms with Crippen LogP contribution in [0.3, 0.4) is 0 Å². The Hall–Kier alpha value is 0.0969. The van der Waals surface area contributed by atoms with Crippen LogP contribution in [0.15, 0.2) is 0 Å². The van der Waals surface area contributed by atoms with Gasteiger partial charge >= 0.3 is 0 Å². The van der Waals surface area contributed by atoms with Crippen molar-refractivity contribution < 1.29 is 0 Å².